The third-order valence-corrected chi connectivity index (χ3v) is 5.07. The molecule has 3 heterocycles. The molecule has 0 saturated carbocycles. The van der Waals surface area contributed by atoms with Crippen molar-refractivity contribution in [3.63, 3.8) is 0 Å². The zero-order valence-electron chi connectivity index (χ0n) is 15.9. The van der Waals surface area contributed by atoms with E-state index in [9.17, 15) is 10.1 Å². The molecule has 3 aromatic rings. The van der Waals surface area contributed by atoms with Gasteiger partial charge in [-0.3, -0.25) is 15.1 Å². The van der Waals surface area contributed by atoms with Gasteiger partial charge in [-0.1, -0.05) is 13.0 Å². The van der Waals surface area contributed by atoms with Gasteiger partial charge >= 0.3 is 5.69 Å². The first-order valence-corrected chi connectivity index (χ1v) is 9.40. The van der Waals surface area contributed by atoms with Crippen LogP contribution in [0.5, 0.6) is 0 Å². The number of benzene rings is 1. The average Bonchev–Trinajstić information content (AvgIpc) is 2.67. The molecule has 1 N–H and O–H groups in total. The molecule has 8 heteroatoms. The Morgan fingerprint density at radius 1 is 1.25 bits per heavy atom. The van der Waals surface area contributed by atoms with Gasteiger partial charge in [-0.25, -0.2) is 9.97 Å². The standard InChI is InChI=1S/C20H22N6O2/c1-13-5-4-10-25(11-13)20-18(26(27)28)19(21-12-22-20)24-17-7-3-6-16-15(17)9-8-14(2)23-16/h3,6-9,12-13H,4-5,10-11H2,1-2H3,(H,21,22,24). The van der Waals surface area contributed by atoms with Crippen molar-refractivity contribution in [1.82, 2.24) is 15.0 Å². The first-order chi connectivity index (χ1) is 13.5. The highest BCUT2D eigenvalue weighted by atomic mass is 16.6. The Bertz CT molecular complexity index is 1040. The first-order valence-electron chi connectivity index (χ1n) is 9.40. The number of aryl methyl sites for hydroxylation is 1. The van der Waals surface area contributed by atoms with Crippen molar-refractivity contribution in [3.05, 3.63) is 52.5 Å². The molecule has 0 amide bonds. The van der Waals surface area contributed by atoms with Crippen LogP contribution in [0.25, 0.3) is 10.9 Å². The van der Waals surface area contributed by atoms with E-state index in [2.05, 4.69) is 27.2 Å². The van der Waals surface area contributed by atoms with Crippen molar-refractivity contribution in [2.24, 2.45) is 5.92 Å². The number of fused-ring (bicyclic) bond motifs is 1. The molecule has 1 saturated heterocycles. The predicted molar refractivity (Wildman–Crippen MR) is 109 cm³/mol. The molecule has 0 aliphatic carbocycles. The van der Waals surface area contributed by atoms with Gasteiger partial charge in [0.2, 0.25) is 11.6 Å². The highest BCUT2D eigenvalue weighted by Crippen LogP contribution is 2.36. The molecular weight excluding hydrogens is 356 g/mol. The number of nitro groups is 1. The quantitative estimate of drug-likeness (QED) is 0.536. The zero-order valence-corrected chi connectivity index (χ0v) is 15.9. The number of nitrogens with zero attached hydrogens (tertiary/aromatic N) is 5. The van der Waals surface area contributed by atoms with Crippen LogP contribution in [0.1, 0.15) is 25.5 Å². The van der Waals surface area contributed by atoms with E-state index in [0.29, 0.717) is 11.7 Å². The largest absolute Gasteiger partial charge is 0.353 e. The molecule has 0 radical (unpaired) electrons. The van der Waals surface area contributed by atoms with E-state index in [4.69, 9.17) is 0 Å². The summed E-state index contributed by atoms with van der Waals surface area (Å²) in [5.41, 5.74) is 2.38. The molecule has 2 aromatic heterocycles. The molecule has 1 aromatic carbocycles. The summed E-state index contributed by atoms with van der Waals surface area (Å²) in [4.78, 5) is 26.5. The van der Waals surface area contributed by atoms with Gasteiger partial charge in [-0.2, -0.15) is 0 Å². The molecule has 8 nitrogen and oxygen atoms in total. The third-order valence-electron chi connectivity index (χ3n) is 5.07. The molecule has 28 heavy (non-hydrogen) atoms. The van der Waals surface area contributed by atoms with Gasteiger partial charge in [0, 0.05) is 29.9 Å². The van der Waals surface area contributed by atoms with Crippen molar-refractivity contribution in [3.8, 4) is 0 Å². The lowest BCUT2D eigenvalue weighted by Gasteiger charge is -2.31. The van der Waals surface area contributed by atoms with Crippen molar-refractivity contribution in [1.29, 1.82) is 0 Å². The fourth-order valence-electron chi connectivity index (χ4n) is 3.74. The van der Waals surface area contributed by atoms with Gasteiger partial charge in [0.15, 0.2) is 0 Å². The van der Waals surface area contributed by atoms with Gasteiger partial charge in [0.1, 0.15) is 6.33 Å². The van der Waals surface area contributed by atoms with Gasteiger partial charge in [-0.05, 0) is 49.9 Å². The fraction of sp³-hybridized carbons (Fsp3) is 0.350. The second-order valence-electron chi connectivity index (χ2n) is 7.29. The van der Waals surface area contributed by atoms with E-state index in [1.165, 1.54) is 6.33 Å². The Kier molecular flexibility index (Phi) is 4.77. The number of hydrogen-bond donors (Lipinski definition) is 1. The zero-order chi connectivity index (χ0) is 19.7. The fourth-order valence-corrected chi connectivity index (χ4v) is 3.74. The topological polar surface area (TPSA) is 97.1 Å². The summed E-state index contributed by atoms with van der Waals surface area (Å²) in [6.45, 7) is 5.61. The minimum Gasteiger partial charge on any atom is -0.350 e. The molecular formula is C20H22N6O2. The van der Waals surface area contributed by atoms with Crippen LogP contribution in [0, 0.1) is 23.0 Å². The molecule has 1 fully saturated rings. The van der Waals surface area contributed by atoms with E-state index in [1.807, 2.05) is 42.2 Å². The van der Waals surface area contributed by atoms with Crippen LogP contribution < -0.4 is 10.2 Å². The number of pyridine rings is 1. The maximum atomic E-state index is 11.9. The summed E-state index contributed by atoms with van der Waals surface area (Å²) in [7, 11) is 0. The lowest BCUT2D eigenvalue weighted by molar-refractivity contribution is -0.383. The minimum absolute atomic E-state index is 0.0892. The third kappa shape index (κ3) is 3.45. The van der Waals surface area contributed by atoms with Gasteiger partial charge < -0.3 is 10.2 Å². The van der Waals surface area contributed by atoms with Crippen LogP contribution in [0.3, 0.4) is 0 Å². The van der Waals surface area contributed by atoms with Gasteiger partial charge in [0.05, 0.1) is 10.4 Å². The second kappa shape index (κ2) is 7.38. The van der Waals surface area contributed by atoms with E-state index in [1.54, 1.807) is 0 Å². The lowest BCUT2D eigenvalue weighted by atomic mass is 10.0. The van der Waals surface area contributed by atoms with Crippen LogP contribution >= 0.6 is 0 Å². The number of rotatable bonds is 4. The molecule has 0 bridgehead atoms. The number of nitrogens with one attached hydrogen (secondary N) is 1. The van der Waals surface area contributed by atoms with Crippen LogP contribution in [0.2, 0.25) is 0 Å². The van der Waals surface area contributed by atoms with Crippen molar-refractivity contribution in [2.75, 3.05) is 23.3 Å². The number of hydrogen-bond acceptors (Lipinski definition) is 7. The monoisotopic (exact) mass is 378 g/mol. The Morgan fingerprint density at radius 2 is 2.11 bits per heavy atom. The molecule has 1 aliphatic rings. The normalized spacial score (nSPS) is 16.9. The number of piperidine rings is 1. The predicted octanol–water partition coefficient (Wildman–Crippen LogP) is 4.22. The van der Waals surface area contributed by atoms with E-state index in [-0.39, 0.29) is 11.5 Å². The second-order valence-corrected chi connectivity index (χ2v) is 7.29. The van der Waals surface area contributed by atoms with Crippen LogP contribution in [-0.2, 0) is 0 Å². The van der Waals surface area contributed by atoms with Crippen LogP contribution in [-0.4, -0.2) is 33.0 Å². The maximum absolute atomic E-state index is 11.9. The van der Waals surface area contributed by atoms with Crippen molar-refractivity contribution >= 4 is 33.9 Å². The summed E-state index contributed by atoms with van der Waals surface area (Å²) >= 11 is 0. The van der Waals surface area contributed by atoms with Crippen molar-refractivity contribution in [2.45, 2.75) is 26.7 Å². The van der Waals surface area contributed by atoms with Crippen LogP contribution in [0.4, 0.5) is 23.0 Å². The Labute approximate surface area is 162 Å². The SMILES string of the molecule is Cc1ccc2c(Nc3ncnc(N4CCCC(C)C4)c3[N+](=O)[O-])cccc2n1. The van der Waals surface area contributed by atoms with E-state index < -0.39 is 4.92 Å². The molecule has 1 aliphatic heterocycles. The van der Waals surface area contributed by atoms with Gasteiger partial charge in [0.25, 0.3) is 0 Å². The van der Waals surface area contributed by atoms with E-state index >= 15 is 0 Å². The lowest BCUT2D eigenvalue weighted by Crippen LogP contribution is -2.35. The Hall–Kier alpha value is -3.29. The Morgan fingerprint density at radius 3 is 2.89 bits per heavy atom. The molecule has 4 rings (SSSR count). The summed E-state index contributed by atoms with van der Waals surface area (Å²) in [6.07, 6.45) is 3.51. The van der Waals surface area contributed by atoms with E-state index in [0.717, 1.165) is 48.2 Å². The summed E-state index contributed by atoms with van der Waals surface area (Å²) in [5.74, 6) is 1.05. The molecule has 144 valence electrons. The maximum Gasteiger partial charge on any atom is 0.353 e. The molecule has 1 unspecified atom stereocenters. The highest BCUT2D eigenvalue weighted by Gasteiger charge is 2.29. The van der Waals surface area contributed by atoms with Crippen LogP contribution in [0.15, 0.2) is 36.7 Å². The first kappa shape index (κ1) is 18.1. The Balaban J connectivity index is 1.76. The molecule has 0 spiro atoms. The minimum atomic E-state index is -0.398. The molecule has 1 atom stereocenters. The summed E-state index contributed by atoms with van der Waals surface area (Å²) in [6, 6.07) is 9.54. The smallest absolute Gasteiger partial charge is 0.350 e. The van der Waals surface area contributed by atoms with Crippen molar-refractivity contribution < 1.29 is 4.92 Å². The average molecular weight is 378 g/mol. The highest BCUT2D eigenvalue weighted by molar-refractivity contribution is 5.94. The van der Waals surface area contributed by atoms with Gasteiger partial charge in [-0.15, -0.1) is 0 Å². The number of aromatic nitrogens is 3. The number of anilines is 3. The summed E-state index contributed by atoms with van der Waals surface area (Å²) in [5, 5.41) is 15.9. The summed E-state index contributed by atoms with van der Waals surface area (Å²) < 4.78 is 0.